The highest BCUT2D eigenvalue weighted by molar-refractivity contribution is 7.89. The van der Waals surface area contributed by atoms with Crippen molar-refractivity contribution in [2.75, 3.05) is 12.8 Å². The van der Waals surface area contributed by atoms with Crippen molar-refractivity contribution in [3.05, 3.63) is 0 Å². The quantitative estimate of drug-likeness (QED) is 0.523. The summed E-state index contributed by atoms with van der Waals surface area (Å²) in [6.07, 6.45) is 0. The van der Waals surface area contributed by atoms with Gasteiger partial charge in [0.2, 0.25) is 21.8 Å². The maximum Gasteiger partial charge on any atom is 0.236 e. The van der Waals surface area contributed by atoms with E-state index >= 15 is 0 Å². The lowest BCUT2D eigenvalue weighted by Gasteiger charge is -2.17. The van der Waals surface area contributed by atoms with Crippen LogP contribution in [0.4, 0.5) is 0 Å². The molecule has 7 nitrogen and oxygen atoms in total. The number of carbonyl (C=O) groups excluding carboxylic acids is 2. The number of nitrogens with two attached hydrogens (primary N) is 2. The molecule has 0 radical (unpaired) electrons. The van der Waals surface area contributed by atoms with E-state index in [1.807, 2.05) is 0 Å². The summed E-state index contributed by atoms with van der Waals surface area (Å²) in [5.41, 5.74) is 9.96. The Bertz CT molecular complexity index is 377. The Labute approximate surface area is 81.1 Å². The molecule has 0 saturated carbocycles. The highest BCUT2D eigenvalue weighted by atomic mass is 32.2. The van der Waals surface area contributed by atoms with Gasteiger partial charge < -0.3 is 11.5 Å². The number of hydrogen-bond donors (Lipinski definition) is 2. The van der Waals surface area contributed by atoms with Gasteiger partial charge in [-0.15, -0.1) is 0 Å². The molecular formula is C6H11N3O4S. The summed E-state index contributed by atoms with van der Waals surface area (Å²) in [4.78, 5) is 21.8. The molecule has 1 saturated heterocycles. The molecule has 1 aliphatic rings. The van der Waals surface area contributed by atoms with Crippen molar-refractivity contribution >= 4 is 21.8 Å². The predicted octanol–water partition coefficient (Wildman–Crippen LogP) is -2.78. The minimum atomic E-state index is -3.58. The van der Waals surface area contributed by atoms with Crippen LogP contribution >= 0.6 is 0 Å². The standard InChI is InChI=1S/C6H11N3O4S/c1-9-4(6(8)11)3(5(7)10)2-14(9,12)13/h3-4H,2H2,1H3,(H2,7,10)(H2,8,11). The number of carbonyl (C=O) groups is 2. The molecule has 0 aromatic rings. The highest BCUT2D eigenvalue weighted by Crippen LogP contribution is 2.24. The molecule has 1 aliphatic heterocycles. The molecule has 1 fully saturated rings. The van der Waals surface area contributed by atoms with E-state index in [9.17, 15) is 18.0 Å². The monoisotopic (exact) mass is 221 g/mol. The number of sulfonamides is 1. The van der Waals surface area contributed by atoms with Crippen LogP contribution in [0.1, 0.15) is 0 Å². The van der Waals surface area contributed by atoms with Crippen molar-refractivity contribution in [1.82, 2.24) is 4.31 Å². The Hall–Kier alpha value is -1.15. The van der Waals surface area contributed by atoms with Crippen molar-refractivity contribution in [2.24, 2.45) is 17.4 Å². The summed E-state index contributed by atoms with van der Waals surface area (Å²) in [6.45, 7) is 0. The third-order valence-electron chi connectivity index (χ3n) is 2.26. The number of rotatable bonds is 2. The largest absolute Gasteiger partial charge is 0.369 e. The topological polar surface area (TPSA) is 124 Å². The second kappa shape index (κ2) is 3.21. The van der Waals surface area contributed by atoms with Gasteiger partial charge in [-0.3, -0.25) is 9.59 Å². The van der Waals surface area contributed by atoms with Crippen LogP contribution < -0.4 is 11.5 Å². The number of hydrogen-bond acceptors (Lipinski definition) is 4. The zero-order chi connectivity index (χ0) is 11.1. The molecule has 0 spiro atoms. The first-order valence-electron chi connectivity index (χ1n) is 3.81. The Balaban J connectivity index is 3.12. The van der Waals surface area contributed by atoms with E-state index in [1.54, 1.807) is 0 Å². The summed E-state index contributed by atoms with van der Waals surface area (Å²) in [6, 6.07) is -1.16. The molecule has 4 N–H and O–H groups in total. The molecule has 0 aromatic heterocycles. The van der Waals surface area contributed by atoms with Crippen LogP contribution in [0.3, 0.4) is 0 Å². The van der Waals surface area contributed by atoms with E-state index in [0.717, 1.165) is 4.31 Å². The second-order valence-electron chi connectivity index (χ2n) is 3.15. The van der Waals surface area contributed by atoms with Crippen LogP contribution in [-0.4, -0.2) is 43.4 Å². The summed E-state index contributed by atoms with van der Waals surface area (Å²) in [7, 11) is -2.38. The third kappa shape index (κ3) is 1.58. The van der Waals surface area contributed by atoms with Gasteiger partial charge in [0.1, 0.15) is 6.04 Å². The first-order chi connectivity index (χ1) is 6.27. The Morgan fingerprint density at radius 1 is 1.29 bits per heavy atom. The highest BCUT2D eigenvalue weighted by Gasteiger charge is 2.48. The lowest BCUT2D eigenvalue weighted by Crippen LogP contribution is -2.46. The molecule has 80 valence electrons. The van der Waals surface area contributed by atoms with Crippen LogP contribution in [0, 0.1) is 5.92 Å². The van der Waals surface area contributed by atoms with E-state index in [4.69, 9.17) is 11.5 Å². The van der Waals surface area contributed by atoms with Crippen LogP contribution in [0.5, 0.6) is 0 Å². The van der Waals surface area contributed by atoms with Crippen molar-refractivity contribution in [3.8, 4) is 0 Å². The van der Waals surface area contributed by atoms with Crippen LogP contribution in [0.25, 0.3) is 0 Å². The van der Waals surface area contributed by atoms with Gasteiger partial charge in [0.25, 0.3) is 0 Å². The van der Waals surface area contributed by atoms with E-state index in [0.29, 0.717) is 0 Å². The minimum Gasteiger partial charge on any atom is -0.369 e. The Kier molecular flexibility index (Phi) is 2.50. The van der Waals surface area contributed by atoms with Crippen molar-refractivity contribution in [2.45, 2.75) is 6.04 Å². The van der Waals surface area contributed by atoms with Crippen molar-refractivity contribution in [1.29, 1.82) is 0 Å². The molecule has 0 bridgehead atoms. The molecule has 1 rings (SSSR count). The average molecular weight is 221 g/mol. The lowest BCUT2D eigenvalue weighted by molar-refractivity contribution is -0.129. The normalized spacial score (nSPS) is 31.5. The van der Waals surface area contributed by atoms with Gasteiger partial charge in [0, 0.05) is 7.05 Å². The van der Waals surface area contributed by atoms with Gasteiger partial charge in [-0.25, -0.2) is 8.42 Å². The van der Waals surface area contributed by atoms with Gasteiger partial charge >= 0.3 is 0 Å². The van der Waals surface area contributed by atoms with Gasteiger partial charge in [0.15, 0.2) is 0 Å². The number of primary amides is 2. The molecule has 8 heteroatoms. The number of amides is 2. The zero-order valence-electron chi connectivity index (χ0n) is 7.50. The summed E-state index contributed by atoms with van der Waals surface area (Å²) in [5, 5.41) is 0. The van der Waals surface area contributed by atoms with Gasteiger partial charge in [0.05, 0.1) is 11.7 Å². The summed E-state index contributed by atoms with van der Waals surface area (Å²) >= 11 is 0. The molecule has 2 amide bonds. The fourth-order valence-corrected chi connectivity index (χ4v) is 3.11. The zero-order valence-corrected chi connectivity index (χ0v) is 8.32. The van der Waals surface area contributed by atoms with Crippen LogP contribution in [0.15, 0.2) is 0 Å². The second-order valence-corrected chi connectivity index (χ2v) is 5.22. The molecule has 1 heterocycles. The van der Waals surface area contributed by atoms with Crippen LogP contribution in [0.2, 0.25) is 0 Å². The van der Waals surface area contributed by atoms with E-state index in [1.165, 1.54) is 7.05 Å². The average Bonchev–Trinajstić information content (AvgIpc) is 2.23. The minimum absolute atomic E-state index is 0.452. The molecule has 14 heavy (non-hydrogen) atoms. The molecule has 2 unspecified atom stereocenters. The number of likely N-dealkylation sites (N-methyl/N-ethyl adjacent to an activating group) is 1. The Morgan fingerprint density at radius 2 is 1.79 bits per heavy atom. The maximum atomic E-state index is 11.3. The Morgan fingerprint density at radius 3 is 2.07 bits per heavy atom. The summed E-state index contributed by atoms with van der Waals surface area (Å²) < 4.78 is 23.4. The molecular weight excluding hydrogens is 210 g/mol. The van der Waals surface area contributed by atoms with Crippen LogP contribution in [-0.2, 0) is 19.6 Å². The van der Waals surface area contributed by atoms with Gasteiger partial charge in [-0.1, -0.05) is 0 Å². The SMILES string of the molecule is CN1C(C(N)=O)C(C(N)=O)CS1(=O)=O. The van der Waals surface area contributed by atoms with E-state index < -0.39 is 39.6 Å². The first-order valence-corrected chi connectivity index (χ1v) is 5.42. The fourth-order valence-electron chi connectivity index (χ4n) is 1.48. The summed E-state index contributed by atoms with van der Waals surface area (Å²) in [5.74, 6) is -3.20. The first kappa shape index (κ1) is 10.9. The number of nitrogens with zero attached hydrogens (tertiary/aromatic N) is 1. The third-order valence-corrected chi connectivity index (χ3v) is 4.14. The maximum absolute atomic E-state index is 11.3. The van der Waals surface area contributed by atoms with Crippen molar-refractivity contribution < 1.29 is 18.0 Å². The van der Waals surface area contributed by atoms with E-state index in [2.05, 4.69) is 0 Å². The molecule has 2 atom stereocenters. The lowest BCUT2D eigenvalue weighted by atomic mass is 10.0. The molecule has 0 aromatic carbocycles. The van der Waals surface area contributed by atoms with Crippen molar-refractivity contribution in [3.63, 3.8) is 0 Å². The van der Waals surface area contributed by atoms with E-state index in [-0.39, 0.29) is 0 Å². The molecule has 0 aliphatic carbocycles. The van der Waals surface area contributed by atoms with Gasteiger partial charge in [-0.2, -0.15) is 4.31 Å². The van der Waals surface area contributed by atoms with Gasteiger partial charge in [-0.05, 0) is 0 Å². The smallest absolute Gasteiger partial charge is 0.236 e. The fraction of sp³-hybridized carbons (Fsp3) is 0.667. The predicted molar refractivity (Wildman–Crippen MR) is 47.2 cm³/mol.